The summed E-state index contributed by atoms with van der Waals surface area (Å²) in [6.45, 7) is 4.33. The Morgan fingerprint density at radius 1 is 1.04 bits per heavy atom. The van der Waals surface area contributed by atoms with Crippen molar-refractivity contribution in [3.05, 3.63) is 77.9 Å². The minimum absolute atomic E-state index is 0.232. The van der Waals surface area contributed by atoms with Crippen molar-refractivity contribution >= 4 is 11.8 Å². The first kappa shape index (κ1) is 17.3. The van der Waals surface area contributed by atoms with Gasteiger partial charge in [0.25, 0.3) is 11.8 Å². The maximum absolute atomic E-state index is 12.2. The van der Waals surface area contributed by atoms with Gasteiger partial charge in [0, 0.05) is 24.2 Å². The Morgan fingerprint density at radius 3 is 2.25 bits per heavy atom. The van der Waals surface area contributed by atoms with Gasteiger partial charge in [0.15, 0.2) is 0 Å². The lowest BCUT2D eigenvalue weighted by Crippen LogP contribution is -2.25. The van der Waals surface area contributed by atoms with Gasteiger partial charge in [0.05, 0.1) is 7.11 Å². The molecule has 0 bridgehead atoms. The average Bonchev–Trinajstić information content (AvgIpc) is 2.64. The number of carbonyl (C=O) groups is 2. The molecule has 0 aliphatic carbocycles. The zero-order chi connectivity index (χ0) is 17.4. The molecular formula is C19H20N2O3. The second-order valence-corrected chi connectivity index (χ2v) is 5.11. The van der Waals surface area contributed by atoms with E-state index in [0.717, 1.165) is 11.3 Å². The number of methoxy groups -OCH3 is 1. The van der Waals surface area contributed by atoms with Crippen molar-refractivity contribution in [3.8, 4) is 5.75 Å². The molecule has 0 aromatic heterocycles. The highest BCUT2D eigenvalue weighted by atomic mass is 16.5. The summed E-state index contributed by atoms with van der Waals surface area (Å²) in [6.07, 6.45) is 1.60. The predicted octanol–water partition coefficient (Wildman–Crippen LogP) is 2.54. The van der Waals surface area contributed by atoms with Crippen molar-refractivity contribution in [3.63, 3.8) is 0 Å². The molecule has 24 heavy (non-hydrogen) atoms. The zero-order valence-electron chi connectivity index (χ0n) is 13.5. The largest absolute Gasteiger partial charge is 0.497 e. The Hall–Kier alpha value is -3.08. The van der Waals surface area contributed by atoms with Crippen LogP contribution in [0.25, 0.3) is 0 Å². The van der Waals surface area contributed by atoms with Crippen LogP contribution in [0.3, 0.4) is 0 Å². The van der Waals surface area contributed by atoms with Crippen molar-refractivity contribution in [2.75, 3.05) is 13.7 Å². The maximum atomic E-state index is 12.2. The van der Waals surface area contributed by atoms with Crippen LogP contribution in [0.15, 0.2) is 61.2 Å². The Morgan fingerprint density at radius 2 is 1.67 bits per heavy atom. The first-order valence-electron chi connectivity index (χ1n) is 7.54. The third-order valence-electron chi connectivity index (χ3n) is 3.41. The molecule has 2 N–H and O–H groups in total. The Bertz CT molecular complexity index is 724. The van der Waals surface area contributed by atoms with Gasteiger partial charge in [-0.25, -0.2) is 0 Å². The summed E-state index contributed by atoms with van der Waals surface area (Å²) < 4.78 is 5.10. The van der Waals surface area contributed by atoms with Crippen LogP contribution in [0.2, 0.25) is 0 Å². The smallest absolute Gasteiger partial charge is 0.251 e. The molecule has 0 radical (unpaired) electrons. The molecule has 2 aromatic carbocycles. The van der Waals surface area contributed by atoms with Gasteiger partial charge in [0.2, 0.25) is 0 Å². The molecule has 0 unspecified atom stereocenters. The average molecular weight is 324 g/mol. The van der Waals surface area contributed by atoms with Gasteiger partial charge in [-0.1, -0.05) is 24.3 Å². The SMILES string of the molecule is C=CCNC(=O)c1cccc(C(=O)NCc2ccc(OC)cc2)c1. The van der Waals surface area contributed by atoms with Gasteiger partial charge >= 0.3 is 0 Å². The lowest BCUT2D eigenvalue weighted by atomic mass is 10.1. The Labute approximate surface area is 141 Å². The van der Waals surface area contributed by atoms with Crippen LogP contribution in [0.5, 0.6) is 5.75 Å². The molecule has 0 saturated heterocycles. The Kier molecular flexibility index (Phi) is 6.14. The topological polar surface area (TPSA) is 67.4 Å². The van der Waals surface area contributed by atoms with Crippen molar-refractivity contribution in [2.45, 2.75) is 6.54 Å². The summed E-state index contributed by atoms with van der Waals surface area (Å²) in [7, 11) is 1.61. The van der Waals surface area contributed by atoms with E-state index in [4.69, 9.17) is 4.74 Å². The summed E-state index contributed by atoms with van der Waals surface area (Å²) in [5.74, 6) is 0.298. The van der Waals surface area contributed by atoms with Crippen LogP contribution in [-0.4, -0.2) is 25.5 Å². The lowest BCUT2D eigenvalue weighted by Gasteiger charge is -2.08. The van der Waals surface area contributed by atoms with Gasteiger partial charge in [0.1, 0.15) is 5.75 Å². The second kappa shape index (κ2) is 8.53. The molecule has 0 heterocycles. The van der Waals surface area contributed by atoms with E-state index in [-0.39, 0.29) is 11.8 Å². The molecular weight excluding hydrogens is 304 g/mol. The highest BCUT2D eigenvalue weighted by Crippen LogP contribution is 2.11. The van der Waals surface area contributed by atoms with Gasteiger partial charge in [-0.2, -0.15) is 0 Å². The van der Waals surface area contributed by atoms with Crippen molar-refractivity contribution in [1.29, 1.82) is 0 Å². The summed E-state index contributed by atoms with van der Waals surface area (Å²) in [4.78, 5) is 24.2. The number of amides is 2. The van der Waals surface area contributed by atoms with E-state index in [0.29, 0.717) is 24.2 Å². The molecule has 0 fully saturated rings. The second-order valence-electron chi connectivity index (χ2n) is 5.11. The zero-order valence-corrected chi connectivity index (χ0v) is 13.5. The summed E-state index contributed by atoms with van der Waals surface area (Å²) in [6, 6.07) is 14.0. The molecule has 0 aliphatic heterocycles. The first-order chi connectivity index (χ1) is 11.6. The van der Waals surface area contributed by atoms with Crippen molar-refractivity contribution in [2.24, 2.45) is 0 Å². The number of nitrogens with one attached hydrogen (secondary N) is 2. The maximum Gasteiger partial charge on any atom is 0.251 e. The van der Waals surface area contributed by atoms with Crippen LogP contribution < -0.4 is 15.4 Å². The molecule has 0 spiro atoms. The van der Waals surface area contributed by atoms with Gasteiger partial charge < -0.3 is 15.4 Å². The lowest BCUT2D eigenvalue weighted by molar-refractivity contribution is 0.0951. The monoisotopic (exact) mass is 324 g/mol. The summed E-state index contributed by atoms with van der Waals surface area (Å²) in [5.41, 5.74) is 1.84. The molecule has 2 amide bonds. The summed E-state index contributed by atoms with van der Waals surface area (Å²) in [5, 5.41) is 5.52. The molecule has 0 aliphatic rings. The van der Waals surface area contributed by atoms with E-state index in [1.165, 1.54) is 0 Å². The third kappa shape index (κ3) is 4.71. The third-order valence-corrected chi connectivity index (χ3v) is 3.41. The van der Waals surface area contributed by atoms with E-state index in [2.05, 4.69) is 17.2 Å². The minimum Gasteiger partial charge on any atom is -0.497 e. The fraction of sp³-hybridized carbons (Fsp3) is 0.158. The van der Waals surface area contributed by atoms with E-state index >= 15 is 0 Å². The fourth-order valence-corrected chi connectivity index (χ4v) is 2.10. The molecule has 5 heteroatoms. The van der Waals surface area contributed by atoms with E-state index in [1.807, 2.05) is 24.3 Å². The van der Waals surface area contributed by atoms with Crippen LogP contribution in [0.1, 0.15) is 26.3 Å². The molecule has 2 rings (SSSR count). The Balaban J connectivity index is 1.98. The van der Waals surface area contributed by atoms with Crippen molar-refractivity contribution < 1.29 is 14.3 Å². The highest BCUT2D eigenvalue weighted by molar-refractivity contribution is 5.99. The molecule has 124 valence electrons. The van der Waals surface area contributed by atoms with E-state index < -0.39 is 0 Å². The van der Waals surface area contributed by atoms with Crippen LogP contribution in [0, 0.1) is 0 Å². The summed E-state index contributed by atoms with van der Waals surface area (Å²) >= 11 is 0. The predicted molar refractivity (Wildman–Crippen MR) is 93.1 cm³/mol. The standard InChI is InChI=1S/C19H20N2O3/c1-3-11-20-18(22)15-5-4-6-16(12-15)19(23)21-13-14-7-9-17(24-2)10-8-14/h3-10,12H,1,11,13H2,2H3,(H,20,22)(H,21,23). The molecule has 2 aromatic rings. The fourth-order valence-electron chi connectivity index (χ4n) is 2.10. The number of rotatable bonds is 7. The van der Waals surface area contributed by atoms with Gasteiger partial charge in [-0.3, -0.25) is 9.59 Å². The van der Waals surface area contributed by atoms with Gasteiger partial charge in [-0.05, 0) is 35.9 Å². The normalized spacial score (nSPS) is 9.88. The number of ether oxygens (including phenoxy) is 1. The number of benzene rings is 2. The number of carbonyl (C=O) groups excluding carboxylic acids is 2. The molecule has 0 atom stereocenters. The van der Waals surface area contributed by atoms with E-state index in [9.17, 15) is 9.59 Å². The van der Waals surface area contributed by atoms with Crippen LogP contribution in [-0.2, 0) is 6.54 Å². The minimum atomic E-state index is -0.236. The van der Waals surface area contributed by atoms with Crippen LogP contribution in [0.4, 0.5) is 0 Å². The quantitative estimate of drug-likeness (QED) is 0.769. The van der Waals surface area contributed by atoms with Crippen LogP contribution >= 0.6 is 0 Å². The molecule has 5 nitrogen and oxygen atoms in total. The number of hydrogen-bond donors (Lipinski definition) is 2. The highest BCUT2D eigenvalue weighted by Gasteiger charge is 2.10. The molecule has 0 saturated carbocycles. The first-order valence-corrected chi connectivity index (χ1v) is 7.54. The van der Waals surface area contributed by atoms with Crippen molar-refractivity contribution in [1.82, 2.24) is 10.6 Å². The number of hydrogen-bond acceptors (Lipinski definition) is 3. The van der Waals surface area contributed by atoms with Gasteiger partial charge in [-0.15, -0.1) is 6.58 Å². The van der Waals surface area contributed by atoms with E-state index in [1.54, 1.807) is 37.5 Å².